The molecule has 1 atom stereocenters. The molecule has 3 rings (SSSR count). The van der Waals surface area contributed by atoms with E-state index in [1.165, 1.54) is 11.1 Å². The highest BCUT2D eigenvalue weighted by Crippen LogP contribution is 2.30. The fourth-order valence-electron chi connectivity index (χ4n) is 2.37. The van der Waals surface area contributed by atoms with Gasteiger partial charge in [-0.15, -0.1) is 0 Å². The Kier molecular flexibility index (Phi) is 2.80. The normalized spacial score (nSPS) is 17.6. The first-order valence-electron chi connectivity index (χ1n) is 6.12. The van der Waals surface area contributed by atoms with Gasteiger partial charge < -0.3 is 14.4 Å². The molecule has 0 spiro atoms. The molecule has 0 aliphatic carbocycles. The number of ether oxygens (including phenoxy) is 1. The van der Waals surface area contributed by atoms with E-state index in [9.17, 15) is 0 Å². The van der Waals surface area contributed by atoms with Crippen LogP contribution in [-0.4, -0.2) is 20.8 Å². The second-order valence-corrected chi connectivity index (χ2v) is 4.78. The molecule has 0 amide bonds. The smallest absolute Gasteiger partial charge is 0.123 e. The van der Waals surface area contributed by atoms with Crippen molar-refractivity contribution in [1.82, 2.24) is 9.55 Å². The first-order chi connectivity index (χ1) is 8.74. The zero-order valence-electron chi connectivity index (χ0n) is 10.3. The van der Waals surface area contributed by atoms with Crippen LogP contribution in [0.4, 0.5) is 0 Å². The second kappa shape index (κ2) is 4.46. The monoisotopic (exact) mass is 244 g/mol. The van der Waals surface area contributed by atoms with Gasteiger partial charge in [-0.2, -0.15) is 0 Å². The van der Waals surface area contributed by atoms with Gasteiger partial charge in [0.25, 0.3) is 0 Å². The van der Waals surface area contributed by atoms with Gasteiger partial charge in [0.2, 0.25) is 0 Å². The Morgan fingerprint density at radius 3 is 3.17 bits per heavy atom. The summed E-state index contributed by atoms with van der Waals surface area (Å²) < 4.78 is 7.86. The van der Waals surface area contributed by atoms with Gasteiger partial charge in [-0.1, -0.05) is 17.7 Å². The topological polar surface area (TPSA) is 47.3 Å². The molecule has 4 nitrogen and oxygen atoms in total. The number of aliphatic hydroxyl groups excluding tert-OH is 1. The lowest BCUT2D eigenvalue weighted by atomic mass is 10.1. The minimum Gasteiger partial charge on any atom is -0.488 e. The van der Waals surface area contributed by atoms with Crippen LogP contribution in [-0.2, 0) is 19.6 Å². The Bertz CT molecular complexity index is 563. The molecule has 0 radical (unpaired) electrons. The number of fused-ring (bicyclic) bond motifs is 1. The first-order valence-corrected chi connectivity index (χ1v) is 6.12. The summed E-state index contributed by atoms with van der Waals surface area (Å²) in [6, 6.07) is 6.29. The van der Waals surface area contributed by atoms with Gasteiger partial charge >= 0.3 is 0 Å². The van der Waals surface area contributed by atoms with Gasteiger partial charge in [-0.25, -0.2) is 4.98 Å². The lowest BCUT2D eigenvalue weighted by Crippen LogP contribution is -2.19. The molecule has 0 saturated heterocycles. The third-order valence-corrected chi connectivity index (χ3v) is 3.22. The molecule has 94 valence electrons. The van der Waals surface area contributed by atoms with Crippen LogP contribution < -0.4 is 4.74 Å². The first kappa shape index (κ1) is 11.3. The molecule has 1 aliphatic heterocycles. The molecule has 2 aromatic rings. The Labute approximate surface area is 106 Å². The Morgan fingerprint density at radius 1 is 1.50 bits per heavy atom. The van der Waals surface area contributed by atoms with Crippen molar-refractivity contribution in [3.8, 4) is 5.75 Å². The highest BCUT2D eigenvalue weighted by Gasteiger charge is 2.23. The van der Waals surface area contributed by atoms with E-state index in [2.05, 4.69) is 24.0 Å². The minimum absolute atomic E-state index is 0.0159. The van der Waals surface area contributed by atoms with Gasteiger partial charge in [0, 0.05) is 12.6 Å². The standard InChI is InChI=1S/C14H16N2O2/c1-10-2-3-14-11(4-10)5-13(18-14)7-16-6-12(8-17)15-9-16/h2-4,6,9,13,17H,5,7-8H2,1H3. The zero-order valence-corrected chi connectivity index (χ0v) is 10.3. The van der Waals surface area contributed by atoms with Gasteiger partial charge in [0.05, 0.1) is 25.2 Å². The minimum atomic E-state index is -0.0159. The Balaban J connectivity index is 1.70. The summed E-state index contributed by atoms with van der Waals surface area (Å²) in [5, 5.41) is 8.98. The molecule has 1 aromatic heterocycles. The number of aliphatic hydroxyl groups is 1. The number of benzene rings is 1. The average molecular weight is 244 g/mol. The number of aromatic nitrogens is 2. The zero-order chi connectivity index (χ0) is 12.5. The molecule has 0 bridgehead atoms. The third kappa shape index (κ3) is 2.11. The van der Waals surface area contributed by atoms with Gasteiger partial charge in [0.15, 0.2) is 0 Å². The summed E-state index contributed by atoms with van der Waals surface area (Å²) in [7, 11) is 0. The van der Waals surface area contributed by atoms with Crippen LogP contribution >= 0.6 is 0 Å². The van der Waals surface area contributed by atoms with Crippen molar-refractivity contribution in [3.63, 3.8) is 0 Å². The summed E-state index contributed by atoms with van der Waals surface area (Å²) in [6.45, 7) is 2.84. The summed E-state index contributed by atoms with van der Waals surface area (Å²) in [5.74, 6) is 0.994. The van der Waals surface area contributed by atoms with Crippen LogP contribution in [0, 0.1) is 6.92 Å². The van der Waals surface area contributed by atoms with Crippen molar-refractivity contribution >= 4 is 0 Å². The highest BCUT2D eigenvalue weighted by molar-refractivity contribution is 5.40. The van der Waals surface area contributed by atoms with Crippen LogP contribution in [0.15, 0.2) is 30.7 Å². The summed E-state index contributed by atoms with van der Waals surface area (Å²) >= 11 is 0. The predicted octanol–water partition coefficient (Wildman–Crippen LogP) is 1.69. The van der Waals surface area contributed by atoms with E-state index in [1.54, 1.807) is 6.33 Å². The molecule has 18 heavy (non-hydrogen) atoms. The number of hydrogen-bond acceptors (Lipinski definition) is 3. The van der Waals surface area contributed by atoms with Crippen molar-refractivity contribution in [1.29, 1.82) is 0 Å². The molecular weight excluding hydrogens is 228 g/mol. The van der Waals surface area contributed by atoms with Gasteiger partial charge in [-0.05, 0) is 18.6 Å². The SMILES string of the molecule is Cc1ccc2c(c1)CC(Cn1cnc(CO)c1)O2. The van der Waals surface area contributed by atoms with Crippen molar-refractivity contribution in [3.05, 3.63) is 47.5 Å². The van der Waals surface area contributed by atoms with Crippen molar-refractivity contribution in [2.75, 3.05) is 0 Å². The summed E-state index contributed by atoms with van der Waals surface area (Å²) in [5.41, 5.74) is 3.24. The fourth-order valence-corrected chi connectivity index (χ4v) is 2.37. The molecule has 2 heterocycles. The van der Waals surface area contributed by atoms with E-state index < -0.39 is 0 Å². The van der Waals surface area contributed by atoms with Crippen molar-refractivity contribution in [2.24, 2.45) is 0 Å². The van der Waals surface area contributed by atoms with Crippen molar-refractivity contribution < 1.29 is 9.84 Å². The quantitative estimate of drug-likeness (QED) is 0.893. The maximum Gasteiger partial charge on any atom is 0.123 e. The van der Waals surface area contributed by atoms with Crippen LogP contribution in [0.5, 0.6) is 5.75 Å². The number of nitrogens with zero attached hydrogens (tertiary/aromatic N) is 2. The molecule has 0 saturated carbocycles. The molecule has 0 fully saturated rings. The maximum absolute atomic E-state index is 8.98. The molecule has 1 unspecified atom stereocenters. The Hall–Kier alpha value is -1.81. The fraction of sp³-hybridized carbons (Fsp3) is 0.357. The van der Waals surface area contributed by atoms with Crippen LogP contribution in [0.25, 0.3) is 0 Å². The third-order valence-electron chi connectivity index (χ3n) is 3.22. The van der Waals surface area contributed by atoms with Crippen molar-refractivity contribution in [2.45, 2.75) is 32.6 Å². The average Bonchev–Trinajstić information content (AvgIpc) is 2.95. The molecule has 1 aliphatic rings. The second-order valence-electron chi connectivity index (χ2n) is 4.78. The molecular formula is C14H16N2O2. The summed E-state index contributed by atoms with van der Waals surface area (Å²) in [6.07, 6.45) is 4.69. The maximum atomic E-state index is 8.98. The molecule has 1 aromatic carbocycles. The van der Waals surface area contributed by atoms with E-state index in [0.717, 1.165) is 18.7 Å². The predicted molar refractivity (Wildman–Crippen MR) is 67.4 cm³/mol. The number of imidazole rings is 1. The Morgan fingerprint density at radius 2 is 2.39 bits per heavy atom. The largest absolute Gasteiger partial charge is 0.488 e. The van der Waals surface area contributed by atoms with E-state index in [1.807, 2.05) is 16.8 Å². The number of aryl methyl sites for hydroxylation is 1. The molecule has 1 N–H and O–H groups in total. The van der Waals surface area contributed by atoms with Crippen LogP contribution in [0.3, 0.4) is 0 Å². The highest BCUT2D eigenvalue weighted by atomic mass is 16.5. The van der Waals surface area contributed by atoms with Gasteiger partial charge in [-0.3, -0.25) is 0 Å². The van der Waals surface area contributed by atoms with E-state index >= 15 is 0 Å². The lowest BCUT2D eigenvalue weighted by Gasteiger charge is -2.10. The van der Waals surface area contributed by atoms with E-state index in [-0.39, 0.29) is 12.7 Å². The van der Waals surface area contributed by atoms with Crippen LogP contribution in [0.2, 0.25) is 0 Å². The van der Waals surface area contributed by atoms with Gasteiger partial charge in [0.1, 0.15) is 11.9 Å². The number of hydrogen-bond donors (Lipinski definition) is 1. The van der Waals surface area contributed by atoms with E-state index in [4.69, 9.17) is 9.84 Å². The lowest BCUT2D eigenvalue weighted by molar-refractivity contribution is 0.209. The molecule has 4 heteroatoms. The van der Waals surface area contributed by atoms with Crippen LogP contribution in [0.1, 0.15) is 16.8 Å². The summed E-state index contributed by atoms with van der Waals surface area (Å²) in [4.78, 5) is 4.10. The number of rotatable bonds is 3. The van der Waals surface area contributed by atoms with E-state index in [0.29, 0.717) is 5.69 Å².